The van der Waals surface area contributed by atoms with E-state index in [0.717, 1.165) is 25.9 Å². The van der Waals surface area contributed by atoms with Crippen LogP contribution in [0.3, 0.4) is 0 Å². The van der Waals surface area contributed by atoms with Gasteiger partial charge in [0.2, 0.25) is 0 Å². The second-order valence-corrected chi connectivity index (χ2v) is 5.15. The van der Waals surface area contributed by atoms with Crippen LogP contribution in [0.5, 0.6) is 0 Å². The lowest BCUT2D eigenvalue weighted by Gasteiger charge is -2.41. The minimum Gasteiger partial charge on any atom is -0.393 e. The SMILES string of the molecule is O[C@H]1CCO[C@@]2(CCCCS2)C1. The molecule has 0 aliphatic carbocycles. The van der Waals surface area contributed by atoms with Crippen molar-refractivity contribution in [2.45, 2.75) is 43.1 Å². The van der Waals surface area contributed by atoms with Crippen molar-refractivity contribution in [1.29, 1.82) is 0 Å². The lowest BCUT2D eigenvalue weighted by atomic mass is 10.0. The maximum Gasteiger partial charge on any atom is 0.116 e. The van der Waals surface area contributed by atoms with Gasteiger partial charge < -0.3 is 9.84 Å². The van der Waals surface area contributed by atoms with Crippen LogP contribution in [0.2, 0.25) is 0 Å². The average Bonchev–Trinajstić information content (AvgIpc) is 2.05. The van der Waals surface area contributed by atoms with Crippen LogP contribution in [-0.4, -0.2) is 28.5 Å². The molecule has 0 bridgehead atoms. The third-order valence-electron chi connectivity index (χ3n) is 2.68. The molecule has 2 nitrogen and oxygen atoms in total. The van der Waals surface area contributed by atoms with E-state index in [0.29, 0.717) is 0 Å². The molecular weight excluding hydrogens is 172 g/mol. The van der Waals surface area contributed by atoms with Gasteiger partial charge in [-0.15, -0.1) is 11.8 Å². The maximum absolute atomic E-state index is 9.53. The highest BCUT2D eigenvalue weighted by Gasteiger charge is 2.38. The van der Waals surface area contributed by atoms with Gasteiger partial charge in [-0.3, -0.25) is 0 Å². The van der Waals surface area contributed by atoms with Gasteiger partial charge >= 0.3 is 0 Å². The van der Waals surface area contributed by atoms with Gasteiger partial charge in [-0.25, -0.2) is 0 Å². The third-order valence-corrected chi connectivity index (χ3v) is 4.19. The van der Waals surface area contributed by atoms with Crippen LogP contribution in [0.4, 0.5) is 0 Å². The highest BCUT2D eigenvalue weighted by Crippen LogP contribution is 2.43. The predicted octanol–water partition coefficient (Wildman–Crippen LogP) is 1.77. The minimum atomic E-state index is -0.121. The summed E-state index contributed by atoms with van der Waals surface area (Å²) in [6, 6.07) is 0. The van der Waals surface area contributed by atoms with Crippen LogP contribution in [0.25, 0.3) is 0 Å². The standard InChI is InChI=1S/C9H16O2S/c10-8-3-5-11-9(7-8)4-1-2-6-12-9/h8,10H,1-7H2/t8-,9+/m0/s1. The van der Waals surface area contributed by atoms with Crippen molar-refractivity contribution in [3.8, 4) is 0 Å². The summed E-state index contributed by atoms with van der Waals surface area (Å²) in [5.74, 6) is 1.20. The van der Waals surface area contributed by atoms with E-state index in [9.17, 15) is 5.11 Å². The molecule has 1 N–H and O–H groups in total. The Kier molecular flexibility index (Phi) is 2.63. The van der Waals surface area contributed by atoms with E-state index >= 15 is 0 Å². The van der Waals surface area contributed by atoms with Crippen LogP contribution in [0.1, 0.15) is 32.1 Å². The van der Waals surface area contributed by atoms with Gasteiger partial charge in [0.15, 0.2) is 0 Å². The van der Waals surface area contributed by atoms with Crippen molar-refractivity contribution in [3.63, 3.8) is 0 Å². The Hall–Kier alpha value is 0.270. The first-order valence-electron chi connectivity index (χ1n) is 4.77. The number of aliphatic hydroxyl groups is 1. The largest absolute Gasteiger partial charge is 0.393 e. The van der Waals surface area contributed by atoms with E-state index < -0.39 is 0 Å². The molecule has 12 heavy (non-hydrogen) atoms. The number of rotatable bonds is 0. The molecule has 2 rings (SSSR count). The van der Waals surface area contributed by atoms with Gasteiger partial charge in [-0.2, -0.15) is 0 Å². The molecule has 0 aromatic carbocycles. The van der Waals surface area contributed by atoms with Crippen LogP contribution >= 0.6 is 11.8 Å². The van der Waals surface area contributed by atoms with E-state index in [2.05, 4.69) is 0 Å². The molecule has 1 spiro atoms. The van der Waals surface area contributed by atoms with Crippen molar-refractivity contribution in [1.82, 2.24) is 0 Å². The first-order chi connectivity index (χ1) is 5.81. The molecular formula is C9H16O2S. The fourth-order valence-corrected chi connectivity index (χ4v) is 3.49. The third kappa shape index (κ3) is 1.78. The van der Waals surface area contributed by atoms with Gasteiger partial charge in [0, 0.05) is 6.42 Å². The molecule has 2 atom stereocenters. The zero-order chi connectivity index (χ0) is 8.44. The molecule has 2 heterocycles. The molecule has 0 radical (unpaired) electrons. The monoisotopic (exact) mass is 188 g/mol. The Morgan fingerprint density at radius 3 is 3.00 bits per heavy atom. The van der Waals surface area contributed by atoms with Gasteiger partial charge in [0.25, 0.3) is 0 Å². The molecule has 0 aromatic heterocycles. The van der Waals surface area contributed by atoms with E-state index in [-0.39, 0.29) is 11.0 Å². The number of aliphatic hydroxyl groups excluding tert-OH is 1. The fourth-order valence-electron chi connectivity index (χ4n) is 2.00. The highest BCUT2D eigenvalue weighted by molar-refractivity contribution is 8.00. The Morgan fingerprint density at radius 1 is 1.42 bits per heavy atom. The molecule has 2 fully saturated rings. The predicted molar refractivity (Wildman–Crippen MR) is 50.2 cm³/mol. The molecule has 70 valence electrons. The van der Waals surface area contributed by atoms with E-state index in [1.807, 2.05) is 11.8 Å². The molecule has 0 amide bonds. The van der Waals surface area contributed by atoms with Crippen molar-refractivity contribution in [2.24, 2.45) is 0 Å². The lowest BCUT2D eigenvalue weighted by molar-refractivity contribution is -0.0695. The summed E-state index contributed by atoms with van der Waals surface area (Å²) < 4.78 is 5.78. The Bertz CT molecular complexity index is 149. The second-order valence-electron chi connectivity index (χ2n) is 3.71. The Balaban J connectivity index is 1.97. The molecule has 0 saturated carbocycles. The smallest absolute Gasteiger partial charge is 0.116 e. The Morgan fingerprint density at radius 2 is 2.33 bits per heavy atom. The van der Waals surface area contributed by atoms with Crippen molar-refractivity contribution >= 4 is 11.8 Å². The Labute approximate surface area is 77.7 Å². The lowest BCUT2D eigenvalue weighted by Crippen LogP contribution is -2.40. The fraction of sp³-hybridized carbons (Fsp3) is 1.00. The van der Waals surface area contributed by atoms with Crippen LogP contribution in [0.15, 0.2) is 0 Å². The summed E-state index contributed by atoms with van der Waals surface area (Å²) in [5, 5.41) is 9.53. The summed E-state index contributed by atoms with van der Waals surface area (Å²) in [4.78, 5) is -0.00405. The first kappa shape index (κ1) is 8.85. The normalized spacial score (nSPS) is 43.2. The quantitative estimate of drug-likeness (QED) is 0.628. The summed E-state index contributed by atoms with van der Waals surface area (Å²) in [5.41, 5.74) is 0. The van der Waals surface area contributed by atoms with Crippen LogP contribution < -0.4 is 0 Å². The summed E-state index contributed by atoms with van der Waals surface area (Å²) >= 11 is 1.91. The molecule has 3 heteroatoms. The van der Waals surface area contributed by atoms with Gasteiger partial charge in [-0.05, 0) is 31.4 Å². The molecule has 0 aromatic rings. The summed E-state index contributed by atoms with van der Waals surface area (Å²) in [7, 11) is 0. The van der Waals surface area contributed by atoms with Crippen molar-refractivity contribution in [2.75, 3.05) is 12.4 Å². The summed E-state index contributed by atoms with van der Waals surface area (Å²) in [6.45, 7) is 0.744. The van der Waals surface area contributed by atoms with Crippen LogP contribution in [-0.2, 0) is 4.74 Å². The van der Waals surface area contributed by atoms with Crippen LogP contribution in [0, 0.1) is 0 Å². The highest BCUT2D eigenvalue weighted by atomic mass is 32.2. The van der Waals surface area contributed by atoms with E-state index in [1.54, 1.807) is 0 Å². The number of ether oxygens (including phenoxy) is 1. The van der Waals surface area contributed by atoms with Gasteiger partial charge in [0.1, 0.15) is 4.93 Å². The topological polar surface area (TPSA) is 29.5 Å². The average molecular weight is 188 g/mol. The second kappa shape index (κ2) is 3.56. The van der Waals surface area contributed by atoms with Gasteiger partial charge in [0.05, 0.1) is 12.7 Å². The number of hydrogen-bond donors (Lipinski definition) is 1. The van der Waals surface area contributed by atoms with Crippen molar-refractivity contribution in [3.05, 3.63) is 0 Å². The molecule has 2 aliphatic heterocycles. The van der Waals surface area contributed by atoms with E-state index in [4.69, 9.17) is 4.74 Å². The zero-order valence-corrected chi connectivity index (χ0v) is 8.11. The molecule has 2 aliphatic rings. The zero-order valence-electron chi connectivity index (χ0n) is 7.29. The number of thioether (sulfide) groups is 1. The first-order valence-corrected chi connectivity index (χ1v) is 5.75. The molecule has 0 unspecified atom stereocenters. The van der Waals surface area contributed by atoms with Crippen molar-refractivity contribution < 1.29 is 9.84 Å². The maximum atomic E-state index is 9.53. The van der Waals surface area contributed by atoms with Gasteiger partial charge in [-0.1, -0.05) is 0 Å². The van der Waals surface area contributed by atoms with E-state index in [1.165, 1.54) is 18.6 Å². The molecule has 2 saturated heterocycles. The number of hydrogen-bond acceptors (Lipinski definition) is 3. The summed E-state index contributed by atoms with van der Waals surface area (Å²) in [6.07, 6.45) is 5.25. The minimum absolute atomic E-state index is 0.00405.